The highest BCUT2D eigenvalue weighted by molar-refractivity contribution is 7.81. The SMILES string of the molecule is Cc1cc(N2C(=O)C3(CCC3)N(c3ccc(OC4CCN(CCO)CC4)cc3)C2S)cnc1C#N. The second kappa shape index (κ2) is 9.69. The number of carbonyl (C=O) groups is 1. The van der Waals surface area contributed by atoms with Gasteiger partial charge in [0.05, 0.1) is 18.5 Å². The molecule has 1 saturated carbocycles. The fraction of sp³-hybridized carbons (Fsp3) is 0.500. The van der Waals surface area contributed by atoms with Crippen molar-refractivity contribution in [3.63, 3.8) is 0 Å². The van der Waals surface area contributed by atoms with Crippen LogP contribution in [0, 0.1) is 18.3 Å². The van der Waals surface area contributed by atoms with Gasteiger partial charge in [0.2, 0.25) is 0 Å². The number of likely N-dealkylation sites (tertiary alicyclic amines) is 1. The molecule has 1 spiro atoms. The van der Waals surface area contributed by atoms with E-state index in [1.807, 2.05) is 37.3 Å². The Hall–Kier alpha value is -2.80. The number of nitrogens with zero attached hydrogens (tertiary/aromatic N) is 5. The smallest absolute Gasteiger partial charge is 0.255 e. The first-order valence-corrected chi connectivity index (χ1v) is 12.8. The molecule has 3 fully saturated rings. The van der Waals surface area contributed by atoms with Gasteiger partial charge in [-0.25, -0.2) is 4.98 Å². The lowest BCUT2D eigenvalue weighted by atomic mass is 9.75. The summed E-state index contributed by atoms with van der Waals surface area (Å²) in [6.45, 7) is 4.61. The Morgan fingerprint density at radius 3 is 2.51 bits per heavy atom. The summed E-state index contributed by atoms with van der Waals surface area (Å²) in [7, 11) is 0. The number of hydrogen-bond donors (Lipinski definition) is 2. The van der Waals surface area contributed by atoms with E-state index in [4.69, 9.17) is 22.5 Å². The summed E-state index contributed by atoms with van der Waals surface area (Å²) in [5, 5.41) is 18.3. The normalized spacial score (nSPS) is 22.3. The van der Waals surface area contributed by atoms with Crippen molar-refractivity contribution in [2.75, 3.05) is 36.0 Å². The maximum Gasteiger partial charge on any atom is 0.255 e. The van der Waals surface area contributed by atoms with Crippen LogP contribution in [0.1, 0.15) is 43.4 Å². The van der Waals surface area contributed by atoms with E-state index in [2.05, 4.69) is 20.9 Å². The quantitative estimate of drug-likeness (QED) is 0.598. The van der Waals surface area contributed by atoms with Crippen LogP contribution in [-0.2, 0) is 4.79 Å². The predicted molar refractivity (Wildman–Crippen MR) is 137 cm³/mol. The van der Waals surface area contributed by atoms with E-state index in [0.717, 1.165) is 68.7 Å². The van der Waals surface area contributed by atoms with Crippen LogP contribution < -0.4 is 14.5 Å². The van der Waals surface area contributed by atoms with E-state index in [9.17, 15) is 10.1 Å². The fourth-order valence-electron chi connectivity index (χ4n) is 5.44. The topological polar surface area (TPSA) is 92.9 Å². The highest BCUT2D eigenvalue weighted by Gasteiger charge is 2.60. The van der Waals surface area contributed by atoms with Gasteiger partial charge in [0.15, 0.2) is 5.50 Å². The molecule has 2 aliphatic heterocycles. The maximum atomic E-state index is 13.7. The van der Waals surface area contributed by atoms with E-state index in [0.29, 0.717) is 11.4 Å². The van der Waals surface area contributed by atoms with Crippen LogP contribution in [0.2, 0.25) is 0 Å². The number of piperidine rings is 1. The minimum absolute atomic E-state index is 0.0321. The number of anilines is 2. The molecule has 8 nitrogen and oxygen atoms in total. The Bertz CT molecular complexity index is 1120. The molecular formula is C26H31N5O3S. The number of ether oxygens (including phenoxy) is 1. The van der Waals surface area contributed by atoms with Crippen molar-refractivity contribution >= 4 is 29.9 Å². The molecule has 2 aromatic rings. The van der Waals surface area contributed by atoms with Crippen molar-refractivity contribution in [2.24, 2.45) is 0 Å². The number of hydrogen-bond acceptors (Lipinski definition) is 8. The number of rotatable bonds is 6. The van der Waals surface area contributed by atoms with Gasteiger partial charge in [-0.1, -0.05) is 0 Å². The zero-order valence-electron chi connectivity index (χ0n) is 19.9. The monoisotopic (exact) mass is 493 g/mol. The van der Waals surface area contributed by atoms with Crippen LogP contribution in [0.4, 0.5) is 11.4 Å². The number of aromatic nitrogens is 1. The number of benzene rings is 1. The average molecular weight is 494 g/mol. The van der Waals surface area contributed by atoms with Crippen molar-refractivity contribution in [3.8, 4) is 11.8 Å². The Labute approximate surface area is 211 Å². The van der Waals surface area contributed by atoms with Gasteiger partial charge in [0.1, 0.15) is 29.2 Å². The van der Waals surface area contributed by atoms with Gasteiger partial charge in [0.25, 0.3) is 5.91 Å². The molecule has 3 heterocycles. The molecule has 9 heteroatoms. The van der Waals surface area contributed by atoms with Gasteiger partial charge < -0.3 is 19.6 Å². The van der Waals surface area contributed by atoms with Crippen LogP contribution in [0.15, 0.2) is 36.5 Å². The van der Waals surface area contributed by atoms with Crippen molar-refractivity contribution in [3.05, 3.63) is 47.8 Å². The number of aliphatic hydroxyl groups is 1. The molecule has 1 amide bonds. The first-order chi connectivity index (χ1) is 17.0. The molecule has 1 atom stereocenters. The predicted octanol–water partition coefficient (Wildman–Crippen LogP) is 3.09. The number of aliphatic hydroxyl groups excluding tert-OH is 1. The molecule has 1 aliphatic carbocycles. The highest BCUT2D eigenvalue weighted by Crippen LogP contribution is 2.50. The number of carbonyl (C=O) groups excluding carboxylic acids is 1. The van der Waals surface area contributed by atoms with Crippen LogP contribution in [0.25, 0.3) is 0 Å². The standard InChI is InChI=1S/C26H31N5O3S/c1-18-15-20(17-28-23(18)16-27)30-24(33)26(9-2-10-26)31(25(30)35)19-3-5-21(6-4-19)34-22-7-11-29(12-8-22)13-14-32/h3-6,15,17,22,25,32,35H,2,7-14H2,1H3. The molecule has 2 saturated heterocycles. The lowest BCUT2D eigenvalue weighted by Crippen LogP contribution is -2.55. The van der Waals surface area contributed by atoms with Crippen molar-refractivity contribution in [1.82, 2.24) is 9.88 Å². The molecular weight excluding hydrogens is 462 g/mol. The minimum Gasteiger partial charge on any atom is -0.490 e. The van der Waals surface area contributed by atoms with Crippen molar-refractivity contribution in [1.29, 1.82) is 5.26 Å². The maximum absolute atomic E-state index is 13.7. The number of amides is 1. The molecule has 3 aliphatic rings. The molecule has 184 valence electrons. The molecule has 1 aromatic carbocycles. The van der Waals surface area contributed by atoms with Gasteiger partial charge in [0, 0.05) is 25.3 Å². The van der Waals surface area contributed by atoms with Gasteiger partial charge in [-0.3, -0.25) is 9.69 Å². The number of β-amino-alcohol motifs (C(OH)–C–C–N with tert-alkyl or cyclic N) is 1. The lowest BCUT2D eigenvalue weighted by molar-refractivity contribution is -0.124. The third-order valence-corrected chi connectivity index (χ3v) is 8.00. The van der Waals surface area contributed by atoms with Crippen molar-refractivity contribution < 1.29 is 14.6 Å². The molecule has 0 radical (unpaired) electrons. The van der Waals surface area contributed by atoms with Gasteiger partial charge in [-0.2, -0.15) is 5.26 Å². The lowest BCUT2D eigenvalue weighted by Gasteiger charge is -2.44. The molecule has 5 rings (SSSR count). The Morgan fingerprint density at radius 2 is 1.94 bits per heavy atom. The van der Waals surface area contributed by atoms with E-state index in [-0.39, 0.29) is 18.6 Å². The third kappa shape index (κ3) is 4.24. The number of nitriles is 1. The summed E-state index contributed by atoms with van der Waals surface area (Å²) in [5.41, 5.74) is 1.62. The Balaban J connectivity index is 1.34. The first-order valence-electron chi connectivity index (χ1n) is 12.2. The average Bonchev–Trinajstić information content (AvgIpc) is 3.07. The highest BCUT2D eigenvalue weighted by atomic mass is 32.1. The molecule has 1 N–H and O–H groups in total. The van der Waals surface area contributed by atoms with Gasteiger partial charge in [-0.05, 0) is 74.9 Å². The summed E-state index contributed by atoms with van der Waals surface area (Å²) in [4.78, 5) is 24.0. The summed E-state index contributed by atoms with van der Waals surface area (Å²) in [5.74, 6) is 0.853. The minimum atomic E-state index is -0.601. The van der Waals surface area contributed by atoms with E-state index < -0.39 is 11.0 Å². The second-order valence-corrected chi connectivity index (χ2v) is 10.1. The number of aryl methyl sites for hydroxylation is 1. The number of pyridine rings is 1. The summed E-state index contributed by atoms with van der Waals surface area (Å²) in [6.07, 6.45) is 6.21. The van der Waals surface area contributed by atoms with E-state index in [1.54, 1.807) is 11.1 Å². The van der Waals surface area contributed by atoms with Crippen LogP contribution in [-0.4, -0.2) is 64.3 Å². The summed E-state index contributed by atoms with van der Waals surface area (Å²) in [6, 6.07) is 11.9. The van der Waals surface area contributed by atoms with Crippen LogP contribution in [0.3, 0.4) is 0 Å². The Morgan fingerprint density at radius 1 is 1.23 bits per heavy atom. The zero-order valence-corrected chi connectivity index (χ0v) is 20.8. The largest absolute Gasteiger partial charge is 0.490 e. The molecule has 0 bridgehead atoms. The summed E-state index contributed by atoms with van der Waals surface area (Å²) >= 11 is 4.89. The zero-order chi connectivity index (χ0) is 24.6. The third-order valence-electron chi connectivity index (χ3n) is 7.54. The van der Waals surface area contributed by atoms with Gasteiger partial charge in [-0.15, -0.1) is 12.6 Å². The summed E-state index contributed by atoms with van der Waals surface area (Å²) < 4.78 is 6.23. The van der Waals surface area contributed by atoms with Crippen LogP contribution >= 0.6 is 12.6 Å². The van der Waals surface area contributed by atoms with E-state index >= 15 is 0 Å². The second-order valence-electron chi connectivity index (χ2n) is 9.62. The Kier molecular flexibility index (Phi) is 6.62. The van der Waals surface area contributed by atoms with E-state index in [1.165, 1.54) is 0 Å². The van der Waals surface area contributed by atoms with Gasteiger partial charge >= 0.3 is 0 Å². The van der Waals surface area contributed by atoms with Crippen molar-refractivity contribution in [2.45, 2.75) is 56.2 Å². The number of thiol groups is 1. The molecule has 1 aromatic heterocycles. The molecule has 1 unspecified atom stereocenters. The fourth-order valence-corrected chi connectivity index (χ4v) is 6.04. The van der Waals surface area contributed by atoms with Crippen LogP contribution in [0.5, 0.6) is 5.75 Å². The first kappa shape index (κ1) is 23.9. The molecule has 35 heavy (non-hydrogen) atoms.